The highest BCUT2D eigenvalue weighted by Crippen LogP contribution is 2.12. The van der Waals surface area contributed by atoms with Crippen molar-refractivity contribution < 1.29 is 9.53 Å². The Kier molecular flexibility index (Phi) is 4.53. The number of amides is 1. The number of morpholine rings is 1. The molecule has 0 radical (unpaired) electrons. The van der Waals surface area contributed by atoms with E-state index in [1.54, 1.807) is 12.2 Å². The predicted octanol–water partition coefficient (Wildman–Crippen LogP) is 2.03. The summed E-state index contributed by atoms with van der Waals surface area (Å²) in [5, 5.41) is 0. The van der Waals surface area contributed by atoms with Gasteiger partial charge in [0.15, 0.2) is 0 Å². The highest BCUT2D eigenvalue weighted by atomic mass is 16.5. The first-order valence-electron chi connectivity index (χ1n) is 6.36. The van der Waals surface area contributed by atoms with E-state index in [4.69, 9.17) is 4.74 Å². The molecule has 3 nitrogen and oxygen atoms in total. The molecule has 1 fully saturated rings. The molecule has 1 heterocycles. The van der Waals surface area contributed by atoms with Crippen molar-refractivity contribution in [3.8, 4) is 0 Å². The Hall–Kier alpha value is -1.61. The molecular weight excluding hydrogens is 226 g/mol. The van der Waals surface area contributed by atoms with Crippen LogP contribution in [0.2, 0.25) is 0 Å². The third-order valence-corrected chi connectivity index (χ3v) is 3.07. The Bertz CT molecular complexity index is 414. The van der Waals surface area contributed by atoms with Gasteiger partial charge in [0, 0.05) is 19.5 Å². The molecule has 96 valence electrons. The molecule has 1 saturated heterocycles. The van der Waals surface area contributed by atoms with Crippen molar-refractivity contribution >= 4 is 5.91 Å². The maximum absolute atomic E-state index is 11.8. The highest BCUT2D eigenvalue weighted by molar-refractivity contribution is 5.87. The van der Waals surface area contributed by atoms with Crippen LogP contribution in [0, 0.1) is 0 Å². The Morgan fingerprint density at radius 3 is 2.94 bits per heavy atom. The first-order chi connectivity index (χ1) is 8.79. The molecule has 0 aromatic heterocycles. The number of nitrogens with zero attached hydrogens (tertiary/aromatic N) is 1. The zero-order valence-electron chi connectivity index (χ0n) is 10.7. The quantitative estimate of drug-likeness (QED) is 0.763. The molecule has 1 aliphatic rings. The molecule has 1 amide bonds. The maximum Gasteiger partial charge on any atom is 0.246 e. The van der Waals surface area contributed by atoms with Gasteiger partial charge in [0.2, 0.25) is 5.91 Å². The summed E-state index contributed by atoms with van der Waals surface area (Å²) in [7, 11) is 0. The van der Waals surface area contributed by atoms with Gasteiger partial charge in [-0.25, -0.2) is 0 Å². The van der Waals surface area contributed by atoms with E-state index in [0.717, 1.165) is 6.42 Å². The lowest BCUT2D eigenvalue weighted by Crippen LogP contribution is -2.45. The number of carbonyl (C=O) groups excluding carboxylic acids is 1. The molecule has 1 atom stereocenters. The summed E-state index contributed by atoms with van der Waals surface area (Å²) in [6.45, 7) is 3.85. The van der Waals surface area contributed by atoms with Gasteiger partial charge in [-0.3, -0.25) is 4.79 Å². The van der Waals surface area contributed by atoms with Crippen LogP contribution in [0.5, 0.6) is 0 Å². The predicted molar refractivity (Wildman–Crippen MR) is 71.3 cm³/mol. The van der Waals surface area contributed by atoms with Crippen molar-refractivity contribution in [2.75, 3.05) is 19.7 Å². The highest BCUT2D eigenvalue weighted by Gasteiger charge is 2.22. The number of carbonyl (C=O) groups is 1. The van der Waals surface area contributed by atoms with Gasteiger partial charge in [0.1, 0.15) is 0 Å². The van der Waals surface area contributed by atoms with E-state index in [1.807, 2.05) is 30.0 Å². The first kappa shape index (κ1) is 12.8. The molecule has 0 bridgehead atoms. The lowest BCUT2D eigenvalue weighted by Gasteiger charge is -2.32. The van der Waals surface area contributed by atoms with Crippen molar-refractivity contribution in [1.29, 1.82) is 0 Å². The number of hydrogen-bond donors (Lipinski definition) is 0. The summed E-state index contributed by atoms with van der Waals surface area (Å²) in [6.07, 6.45) is 4.37. The largest absolute Gasteiger partial charge is 0.374 e. The second-order valence-corrected chi connectivity index (χ2v) is 4.47. The van der Waals surface area contributed by atoms with Gasteiger partial charge in [-0.05, 0) is 18.6 Å². The Morgan fingerprint density at radius 1 is 1.44 bits per heavy atom. The third kappa shape index (κ3) is 3.44. The van der Waals surface area contributed by atoms with Gasteiger partial charge in [0.05, 0.1) is 12.7 Å². The van der Waals surface area contributed by atoms with E-state index in [9.17, 15) is 4.79 Å². The number of rotatable bonds is 3. The fraction of sp³-hybridized carbons (Fsp3) is 0.400. The van der Waals surface area contributed by atoms with Gasteiger partial charge >= 0.3 is 0 Å². The Balaban J connectivity index is 1.93. The SMILES string of the molecule is C/C=C/C(=O)N1CCOC(Cc2ccccc2)C1. The van der Waals surface area contributed by atoms with Crippen LogP contribution in [0.4, 0.5) is 0 Å². The number of ether oxygens (including phenoxy) is 1. The van der Waals surface area contributed by atoms with Crippen LogP contribution >= 0.6 is 0 Å². The third-order valence-electron chi connectivity index (χ3n) is 3.07. The van der Waals surface area contributed by atoms with Crippen LogP contribution in [-0.2, 0) is 16.0 Å². The average molecular weight is 245 g/mol. The van der Waals surface area contributed by atoms with Crippen molar-refractivity contribution in [3.05, 3.63) is 48.0 Å². The summed E-state index contributed by atoms with van der Waals surface area (Å²) >= 11 is 0. The van der Waals surface area contributed by atoms with Crippen molar-refractivity contribution in [1.82, 2.24) is 4.90 Å². The maximum atomic E-state index is 11.8. The molecule has 1 aromatic rings. The molecular formula is C15H19NO2. The molecule has 0 spiro atoms. The van der Waals surface area contributed by atoms with Crippen molar-refractivity contribution in [2.45, 2.75) is 19.4 Å². The van der Waals surface area contributed by atoms with Crippen LogP contribution in [0.25, 0.3) is 0 Å². The summed E-state index contributed by atoms with van der Waals surface area (Å²) in [5.74, 6) is 0.0823. The molecule has 1 unspecified atom stereocenters. The van der Waals surface area contributed by atoms with Gasteiger partial charge in [-0.2, -0.15) is 0 Å². The number of benzene rings is 1. The number of hydrogen-bond acceptors (Lipinski definition) is 2. The van der Waals surface area contributed by atoms with Gasteiger partial charge in [-0.1, -0.05) is 36.4 Å². The van der Waals surface area contributed by atoms with E-state index in [0.29, 0.717) is 19.7 Å². The second kappa shape index (κ2) is 6.36. The van der Waals surface area contributed by atoms with Crippen LogP contribution in [0.3, 0.4) is 0 Å². The van der Waals surface area contributed by atoms with Gasteiger partial charge in [-0.15, -0.1) is 0 Å². The molecule has 3 heteroatoms. The molecule has 1 aromatic carbocycles. The monoisotopic (exact) mass is 245 g/mol. The van der Waals surface area contributed by atoms with Crippen LogP contribution in [-0.4, -0.2) is 36.6 Å². The molecule has 2 rings (SSSR count). The molecule has 18 heavy (non-hydrogen) atoms. The van der Waals surface area contributed by atoms with E-state index in [1.165, 1.54) is 5.56 Å². The molecule has 0 saturated carbocycles. The van der Waals surface area contributed by atoms with Crippen LogP contribution < -0.4 is 0 Å². The van der Waals surface area contributed by atoms with E-state index in [-0.39, 0.29) is 12.0 Å². The van der Waals surface area contributed by atoms with Gasteiger partial charge < -0.3 is 9.64 Å². The fourth-order valence-corrected chi connectivity index (χ4v) is 2.17. The summed E-state index contributed by atoms with van der Waals surface area (Å²) in [6, 6.07) is 10.3. The van der Waals surface area contributed by atoms with Crippen LogP contribution in [0.1, 0.15) is 12.5 Å². The first-order valence-corrected chi connectivity index (χ1v) is 6.36. The minimum atomic E-state index is 0.0823. The van der Waals surface area contributed by atoms with E-state index in [2.05, 4.69) is 12.1 Å². The Morgan fingerprint density at radius 2 is 2.22 bits per heavy atom. The topological polar surface area (TPSA) is 29.5 Å². The number of allylic oxidation sites excluding steroid dienone is 1. The lowest BCUT2D eigenvalue weighted by molar-refractivity contribution is -0.133. The average Bonchev–Trinajstić information content (AvgIpc) is 2.40. The molecule has 0 N–H and O–H groups in total. The molecule has 1 aliphatic heterocycles. The summed E-state index contributed by atoms with van der Waals surface area (Å²) in [4.78, 5) is 13.6. The minimum Gasteiger partial charge on any atom is -0.374 e. The summed E-state index contributed by atoms with van der Waals surface area (Å²) in [5.41, 5.74) is 1.25. The van der Waals surface area contributed by atoms with E-state index < -0.39 is 0 Å². The lowest BCUT2D eigenvalue weighted by atomic mass is 10.1. The van der Waals surface area contributed by atoms with Crippen LogP contribution in [0.15, 0.2) is 42.5 Å². The smallest absolute Gasteiger partial charge is 0.246 e. The minimum absolute atomic E-state index is 0.0823. The zero-order valence-corrected chi connectivity index (χ0v) is 10.7. The Labute approximate surface area is 108 Å². The summed E-state index contributed by atoms with van der Waals surface area (Å²) < 4.78 is 5.72. The van der Waals surface area contributed by atoms with Gasteiger partial charge in [0.25, 0.3) is 0 Å². The van der Waals surface area contributed by atoms with E-state index >= 15 is 0 Å². The fourth-order valence-electron chi connectivity index (χ4n) is 2.17. The standard InChI is InChI=1S/C15H19NO2/c1-2-6-15(17)16-9-10-18-14(12-16)11-13-7-4-3-5-8-13/h2-8,14H,9-12H2,1H3/b6-2+. The second-order valence-electron chi connectivity index (χ2n) is 4.47. The normalized spacial score (nSPS) is 20.3. The van der Waals surface area contributed by atoms with Crippen molar-refractivity contribution in [2.24, 2.45) is 0 Å². The molecule has 0 aliphatic carbocycles. The van der Waals surface area contributed by atoms with Crippen molar-refractivity contribution in [3.63, 3.8) is 0 Å². The zero-order chi connectivity index (χ0) is 12.8.